The second-order valence-corrected chi connectivity index (χ2v) is 46.5. The van der Waals surface area contributed by atoms with Gasteiger partial charge in [-0.1, -0.05) is 186 Å². The average molecular weight is 1820 g/mol. The zero-order chi connectivity index (χ0) is 92.0. The number of carbonyl (C=O) groups excluding carboxylic acids is 8. The van der Waals surface area contributed by atoms with E-state index >= 15 is 0 Å². The van der Waals surface area contributed by atoms with E-state index in [1.165, 1.54) is 38.0 Å². The van der Waals surface area contributed by atoms with Gasteiger partial charge in [-0.2, -0.15) is 0 Å². The Kier molecular flexibility index (Phi) is 33.0. The SMILES string of the molecule is C.C.C.CCCC(=O)Cl.CCCC(=O)O[C@H]1C(=O)C=C2C(=CC=C3[C@@]2(C)CC[C@@]2(C)[C@@H]4C[C@](C)(C(=O)OC)CC[C@]4(C)CC[C@]32C)[C@]1(C)CO.CCCC(=O)O[C@H]1C(O)C=C2C(=CC=C3[C@@]2(C)CC[C@@]2(C)[C@@H]4C[C@](C)(C(=O)OC)CC[C@]4(C)CC[C@]32C)[C@]1(C)CO.COC(=O)[C@]1(C)CC[C@]2(C)CC[C@]3(C)C4=CC=C5C(=CC(=O)[C@H](O)[C@@]5(C)CO)[C@]4(C)CC[C@@]3(C)[C@@H]2C1.[B].[H-].[Na+]. The minimum Gasteiger partial charge on any atom is -1.00 e. The number of hydrogen-bond donors (Lipinski definition) is 5. The van der Waals surface area contributed by atoms with Crippen molar-refractivity contribution in [3.05, 3.63) is 105 Å². The molecule has 0 spiro atoms. The van der Waals surface area contributed by atoms with Crippen LogP contribution < -0.4 is 29.6 Å². The van der Waals surface area contributed by atoms with Crippen molar-refractivity contribution in [1.29, 1.82) is 0 Å². The van der Waals surface area contributed by atoms with Crippen LogP contribution in [0.5, 0.6) is 0 Å². The monoisotopic (exact) mass is 1820 g/mol. The van der Waals surface area contributed by atoms with Crippen LogP contribution in [0.1, 0.15) is 342 Å². The van der Waals surface area contributed by atoms with Crippen molar-refractivity contribution in [2.45, 2.75) is 365 Å². The second kappa shape index (κ2) is 38.3. The number of aliphatic hydroxyl groups excluding tert-OH is 5. The first-order chi connectivity index (χ1) is 57.6. The van der Waals surface area contributed by atoms with Crippen LogP contribution >= 0.6 is 11.6 Å². The van der Waals surface area contributed by atoms with Crippen molar-refractivity contribution >= 4 is 66.7 Å². The van der Waals surface area contributed by atoms with Gasteiger partial charge in [0, 0.05) is 49.3 Å². The Balaban J connectivity index is 0.000000285. The third kappa shape index (κ3) is 16.9. The largest absolute Gasteiger partial charge is 1.00 e. The van der Waals surface area contributed by atoms with E-state index in [1.807, 2.05) is 40.7 Å². The van der Waals surface area contributed by atoms with Crippen LogP contribution in [0.25, 0.3) is 0 Å². The number of methoxy groups -OCH3 is 3. The molecule has 15 aliphatic rings. The summed E-state index contributed by atoms with van der Waals surface area (Å²) in [6.07, 6.45) is 38.1. The molecule has 15 aliphatic carbocycles. The molecule has 0 aromatic heterocycles. The van der Waals surface area contributed by atoms with Gasteiger partial charge in [-0.15, -0.1) is 0 Å². The summed E-state index contributed by atoms with van der Waals surface area (Å²) in [6.45, 7) is 45.7. The Bertz CT molecular complexity index is 4650. The van der Waals surface area contributed by atoms with Crippen LogP contribution in [0.3, 0.4) is 0 Å². The molecule has 129 heavy (non-hydrogen) atoms. The number of esters is 5. The molecular weight excluding hydrogens is 1650 g/mol. The van der Waals surface area contributed by atoms with Gasteiger partial charge in [-0.25, -0.2) is 0 Å². The molecule has 5 N–H and O–H groups in total. The summed E-state index contributed by atoms with van der Waals surface area (Å²) in [5.74, 6) is -0.407. The Morgan fingerprint density at radius 3 is 1.01 bits per heavy atom. The summed E-state index contributed by atoms with van der Waals surface area (Å²) in [6, 6.07) is 0. The predicted molar refractivity (Wildman–Crippen MR) is 508 cm³/mol. The van der Waals surface area contributed by atoms with Gasteiger partial charge >= 0.3 is 59.4 Å². The van der Waals surface area contributed by atoms with E-state index < -0.39 is 62.9 Å². The van der Waals surface area contributed by atoms with Crippen LogP contribution in [-0.4, -0.2) is 146 Å². The normalized spacial score (nSPS) is 43.6. The zero-order valence-electron chi connectivity index (χ0n) is 82.4. The van der Waals surface area contributed by atoms with E-state index in [9.17, 15) is 63.9 Å². The Morgan fingerprint density at radius 2 is 0.698 bits per heavy atom. The number of fused-ring (bicyclic) bond motifs is 21. The molecule has 9 saturated carbocycles. The van der Waals surface area contributed by atoms with Crippen LogP contribution in [0, 0.1) is 115 Å². The predicted octanol–water partition coefficient (Wildman–Crippen LogP) is 18.6. The van der Waals surface area contributed by atoms with Crippen molar-refractivity contribution in [2.24, 2.45) is 115 Å². The molecule has 3 radical (unpaired) electrons. The maximum atomic E-state index is 13.6. The van der Waals surface area contributed by atoms with E-state index in [1.54, 1.807) is 19.1 Å². The number of allylic oxidation sites excluding steroid dienone is 12. The van der Waals surface area contributed by atoms with Crippen molar-refractivity contribution in [1.82, 2.24) is 0 Å². The maximum Gasteiger partial charge on any atom is 1.00 e. The first kappa shape index (κ1) is 111. The third-order valence-electron chi connectivity index (χ3n) is 39.1. The number of ether oxygens (including phenoxy) is 5. The molecule has 717 valence electrons. The quantitative estimate of drug-likeness (QED) is 0.0467. The zero-order valence-corrected chi connectivity index (χ0v) is 84.2. The molecule has 0 amide bonds. The summed E-state index contributed by atoms with van der Waals surface area (Å²) in [4.78, 5) is 100. The smallest absolute Gasteiger partial charge is 1.00 e. The van der Waals surface area contributed by atoms with E-state index in [2.05, 4.69) is 140 Å². The molecule has 0 aromatic rings. The fraction of sp³-hybridized carbons (Fsp3) is 0.759. The molecule has 0 bridgehead atoms. The molecule has 25 atom stereocenters. The molecule has 0 aliphatic heterocycles. The summed E-state index contributed by atoms with van der Waals surface area (Å²) in [5.41, 5.74) is 4.89. The molecule has 0 aromatic carbocycles. The number of aliphatic hydroxyl groups is 5. The number of hydrogen-bond acceptors (Lipinski definition) is 18. The van der Waals surface area contributed by atoms with E-state index in [-0.39, 0.29) is 200 Å². The topological polar surface area (TPSA) is 284 Å². The summed E-state index contributed by atoms with van der Waals surface area (Å²) in [7, 11) is 4.53. The Labute approximate surface area is 806 Å². The van der Waals surface area contributed by atoms with Crippen molar-refractivity contribution in [3.63, 3.8) is 0 Å². The number of ketones is 2. The van der Waals surface area contributed by atoms with Gasteiger partial charge in [-0.3, -0.25) is 38.4 Å². The van der Waals surface area contributed by atoms with Crippen LogP contribution in [0.2, 0.25) is 0 Å². The van der Waals surface area contributed by atoms with E-state index in [4.69, 9.17) is 35.3 Å². The number of carbonyl (C=O) groups is 8. The first-order valence-electron chi connectivity index (χ1n) is 47.2. The summed E-state index contributed by atoms with van der Waals surface area (Å²) < 4.78 is 27.4. The molecular formula is C108H166BClNaO18. The van der Waals surface area contributed by atoms with Gasteiger partial charge in [0.25, 0.3) is 0 Å². The van der Waals surface area contributed by atoms with Gasteiger partial charge in [0.1, 0.15) is 18.3 Å². The van der Waals surface area contributed by atoms with Gasteiger partial charge in [0.2, 0.25) is 5.24 Å². The molecule has 9 fully saturated rings. The van der Waals surface area contributed by atoms with E-state index in [0.717, 1.165) is 175 Å². The van der Waals surface area contributed by atoms with Gasteiger partial charge in [-0.05, 0) is 318 Å². The van der Waals surface area contributed by atoms with Gasteiger partial charge in [0.05, 0.1) is 68.2 Å². The van der Waals surface area contributed by atoms with Gasteiger partial charge in [0.15, 0.2) is 17.7 Å². The fourth-order valence-corrected chi connectivity index (χ4v) is 29.9. The molecule has 18 nitrogen and oxygen atoms in total. The molecule has 21 heteroatoms. The van der Waals surface area contributed by atoms with Crippen molar-refractivity contribution < 1.29 is 119 Å². The maximum absolute atomic E-state index is 13.6. The summed E-state index contributed by atoms with van der Waals surface area (Å²) in [5, 5.41) is 53.6. The van der Waals surface area contributed by atoms with Crippen molar-refractivity contribution in [3.8, 4) is 0 Å². The number of halogens is 1. The molecule has 15 rings (SSSR count). The van der Waals surface area contributed by atoms with Crippen molar-refractivity contribution in [2.75, 3.05) is 41.2 Å². The van der Waals surface area contributed by atoms with Crippen LogP contribution in [0.15, 0.2) is 105 Å². The van der Waals surface area contributed by atoms with Crippen LogP contribution in [-0.2, 0) is 62.0 Å². The minimum absolute atomic E-state index is 0. The molecule has 1 unspecified atom stereocenters. The Morgan fingerprint density at radius 1 is 0.395 bits per heavy atom. The number of rotatable bonds is 14. The third-order valence-corrected chi connectivity index (χ3v) is 39.3. The average Bonchev–Trinajstić information content (AvgIpc) is 0.681. The van der Waals surface area contributed by atoms with Crippen LogP contribution in [0.4, 0.5) is 0 Å². The second-order valence-electron chi connectivity index (χ2n) is 46.1. The standard InChI is InChI=1S/C35H52O6.C35H50O6.C31H44O5.C4H7ClO.3CH4.B.Na.H/c2*1-9-10-27(38)41-28-24(37)19-23-22(33(28,5)21-36)11-12-25-32(23,4)16-18-35(7)26-20-31(3,29(39)40-8)14-13-30(26,2)15-17-34(25,35)6;1-26-10-11-27(2,25(35)36-7)17-23(26)31(6)15-13-28(3)20-16-21(33)24(34)29(4,18-32)19(20)8-9-22(28)30(31,5)14-12-26;1-2-3-4(5)6;;;;;;/h11-12,19,24,26,28,36-37H,9-10,13-18,20-21H2,1-8H3;11-12,19,26,28,36H,9-10,13-18,20-21H2,1-8H3;8-9,16,23-24,32,34H,10-15,17-18H2,1-7H3;2-3H2,1H3;3*1H4;;;/q;;;;;;;;+1;-1/t24?,26-,28+,30-,31-,32+,33+,34-,35+;26-,28+,30-,31-,32+,33+,34-,35+;23-,24+,26-,27-,28+,29+,30-,31+;;;;;;;/m111......./s1. The summed E-state index contributed by atoms with van der Waals surface area (Å²) >= 11 is 4.94. The van der Waals surface area contributed by atoms with Gasteiger partial charge < -0.3 is 50.6 Å². The Hall–Kier alpha value is -4.83. The fourth-order valence-electron chi connectivity index (χ4n) is 29.7. The molecule has 0 saturated heterocycles. The first-order valence-corrected chi connectivity index (χ1v) is 47.5. The minimum atomic E-state index is -1.23. The molecule has 0 heterocycles. The van der Waals surface area contributed by atoms with E-state index in [0.29, 0.717) is 37.0 Å².